The minimum absolute atomic E-state index is 0.153. The maximum Gasteiger partial charge on any atom is 0.417 e. The van der Waals surface area contributed by atoms with E-state index in [9.17, 15) is 22.4 Å². The number of aromatic nitrogens is 3. The van der Waals surface area contributed by atoms with Crippen LogP contribution in [0.25, 0.3) is 16.9 Å². The number of hydrogen-bond donors (Lipinski definition) is 0. The average molecular weight is 395 g/mol. The third kappa shape index (κ3) is 3.21. The summed E-state index contributed by atoms with van der Waals surface area (Å²) in [5, 5.41) is 4.34. The Kier molecular flexibility index (Phi) is 5.08. The van der Waals surface area contributed by atoms with Gasteiger partial charge in [0.1, 0.15) is 11.3 Å². The number of rotatable bonds is 4. The van der Waals surface area contributed by atoms with Crippen LogP contribution in [0, 0.1) is 12.7 Å². The fraction of sp³-hybridized carbons (Fsp3) is 0.400. The summed E-state index contributed by atoms with van der Waals surface area (Å²) in [5.74, 6) is -1.02. The molecule has 0 aliphatic rings. The molecular formula is C20H21F4N3O. The van der Waals surface area contributed by atoms with Crippen LogP contribution in [0.3, 0.4) is 0 Å². The van der Waals surface area contributed by atoms with Crippen LogP contribution in [0.1, 0.15) is 49.4 Å². The highest BCUT2D eigenvalue weighted by molar-refractivity contribution is 5.64. The molecule has 8 heteroatoms. The Labute approximate surface area is 159 Å². The van der Waals surface area contributed by atoms with E-state index >= 15 is 0 Å². The van der Waals surface area contributed by atoms with Gasteiger partial charge < -0.3 is 0 Å². The van der Waals surface area contributed by atoms with E-state index in [1.54, 1.807) is 6.92 Å². The lowest BCUT2D eigenvalue weighted by Gasteiger charge is -2.16. The van der Waals surface area contributed by atoms with Crippen LogP contribution in [0.5, 0.6) is 0 Å². The molecule has 0 fully saturated rings. The zero-order chi connectivity index (χ0) is 20.8. The van der Waals surface area contributed by atoms with Crippen LogP contribution < -0.4 is 5.56 Å². The number of hydrogen-bond acceptors (Lipinski definition) is 2. The van der Waals surface area contributed by atoms with Gasteiger partial charge in [-0.3, -0.25) is 9.36 Å². The lowest BCUT2D eigenvalue weighted by molar-refractivity contribution is -0.137. The van der Waals surface area contributed by atoms with Crippen LogP contribution >= 0.6 is 0 Å². The monoisotopic (exact) mass is 395 g/mol. The Morgan fingerprint density at radius 3 is 2.36 bits per heavy atom. The van der Waals surface area contributed by atoms with E-state index in [0.717, 1.165) is 35.1 Å². The highest BCUT2D eigenvalue weighted by atomic mass is 19.4. The molecule has 150 valence electrons. The predicted molar refractivity (Wildman–Crippen MR) is 98.9 cm³/mol. The molecule has 0 aliphatic heterocycles. The predicted octanol–water partition coefficient (Wildman–Crippen LogP) is 5.07. The first-order valence-corrected chi connectivity index (χ1v) is 9.06. The number of alkyl halides is 3. The molecule has 0 saturated carbocycles. The van der Waals surface area contributed by atoms with E-state index in [-0.39, 0.29) is 17.3 Å². The van der Waals surface area contributed by atoms with Crippen LogP contribution in [0.4, 0.5) is 17.6 Å². The van der Waals surface area contributed by atoms with E-state index in [1.165, 1.54) is 11.6 Å². The second kappa shape index (κ2) is 7.07. The topological polar surface area (TPSA) is 39.3 Å². The Morgan fingerprint density at radius 2 is 1.79 bits per heavy atom. The highest BCUT2D eigenvalue weighted by Gasteiger charge is 2.35. The molecule has 2 aromatic heterocycles. The maximum atomic E-state index is 13.5. The molecule has 3 aromatic rings. The molecule has 0 saturated heterocycles. The molecule has 0 unspecified atom stereocenters. The number of fused-ring (bicyclic) bond motifs is 1. The van der Waals surface area contributed by atoms with Crippen LogP contribution in [0.15, 0.2) is 29.1 Å². The van der Waals surface area contributed by atoms with Crippen molar-refractivity contribution in [2.24, 2.45) is 7.05 Å². The van der Waals surface area contributed by atoms with Gasteiger partial charge in [0.05, 0.1) is 5.56 Å². The van der Waals surface area contributed by atoms with Crippen molar-refractivity contribution in [2.45, 2.75) is 45.7 Å². The molecular weight excluding hydrogens is 374 g/mol. The van der Waals surface area contributed by atoms with Gasteiger partial charge in [-0.25, -0.2) is 8.91 Å². The van der Waals surface area contributed by atoms with Crippen molar-refractivity contribution in [3.63, 3.8) is 0 Å². The molecule has 0 N–H and O–H groups in total. The van der Waals surface area contributed by atoms with Gasteiger partial charge >= 0.3 is 6.18 Å². The molecule has 28 heavy (non-hydrogen) atoms. The Hall–Kier alpha value is -2.64. The summed E-state index contributed by atoms with van der Waals surface area (Å²) in [6.07, 6.45) is -3.12. The second-order valence-corrected chi connectivity index (χ2v) is 6.89. The fourth-order valence-electron chi connectivity index (χ4n) is 3.63. The van der Waals surface area contributed by atoms with E-state index in [2.05, 4.69) is 5.10 Å². The molecule has 0 amide bonds. The van der Waals surface area contributed by atoms with Crippen molar-refractivity contribution in [3.8, 4) is 11.4 Å². The van der Waals surface area contributed by atoms with Gasteiger partial charge in [0.25, 0.3) is 5.56 Å². The zero-order valence-electron chi connectivity index (χ0n) is 16.1. The van der Waals surface area contributed by atoms with Crippen molar-refractivity contribution in [2.75, 3.05) is 0 Å². The van der Waals surface area contributed by atoms with Gasteiger partial charge in [0.2, 0.25) is 0 Å². The van der Waals surface area contributed by atoms with Crippen LogP contribution in [-0.2, 0) is 13.2 Å². The summed E-state index contributed by atoms with van der Waals surface area (Å²) in [5.41, 5.74) is -0.0682. The number of aryl methyl sites for hydroxylation is 1. The lowest BCUT2D eigenvalue weighted by atomic mass is 9.95. The SMILES string of the molecule is CCC(CC)c1cc(C)n2nc(-c3ccc(F)cc3C(F)(F)F)n(C)c(=O)c12. The van der Waals surface area contributed by atoms with E-state index in [1.807, 2.05) is 19.9 Å². The third-order valence-electron chi connectivity index (χ3n) is 5.16. The molecule has 0 aliphatic carbocycles. The first kappa shape index (κ1) is 20.1. The summed E-state index contributed by atoms with van der Waals surface area (Å²) in [7, 11) is 1.38. The van der Waals surface area contributed by atoms with Crippen LogP contribution in [0.2, 0.25) is 0 Å². The first-order chi connectivity index (χ1) is 13.1. The van der Waals surface area contributed by atoms with Gasteiger partial charge in [-0.15, -0.1) is 5.10 Å². The van der Waals surface area contributed by atoms with E-state index in [4.69, 9.17) is 0 Å². The highest BCUT2D eigenvalue weighted by Crippen LogP contribution is 2.37. The third-order valence-corrected chi connectivity index (χ3v) is 5.16. The standard InChI is InChI=1S/C20H21F4N3O/c1-5-12(6-2)15-9-11(3)27-17(15)19(28)26(4)18(25-27)14-8-7-13(21)10-16(14)20(22,23)24/h7-10,12H,5-6H2,1-4H3. The maximum absolute atomic E-state index is 13.5. The summed E-state index contributed by atoms with van der Waals surface area (Å²) in [4.78, 5) is 13.1. The quantitative estimate of drug-likeness (QED) is 0.579. The smallest absolute Gasteiger partial charge is 0.293 e. The van der Waals surface area contributed by atoms with Crippen molar-refractivity contribution >= 4 is 5.52 Å². The molecule has 0 atom stereocenters. The Balaban J connectivity index is 2.37. The Bertz CT molecular complexity index is 1090. The molecule has 0 spiro atoms. The minimum atomic E-state index is -4.78. The number of nitrogens with zero attached hydrogens (tertiary/aromatic N) is 3. The second-order valence-electron chi connectivity index (χ2n) is 6.89. The Morgan fingerprint density at radius 1 is 1.14 bits per heavy atom. The average Bonchev–Trinajstić information content (AvgIpc) is 2.95. The van der Waals surface area contributed by atoms with Crippen molar-refractivity contribution in [3.05, 3.63) is 57.3 Å². The molecule has 1 aromatic carbocycles. The molecule has 2 heterocycles. The van der Waals surface area contributed by atoms with E-state index in [0.29, 0.717) is 17.3 Å². The molecule has 0 radical (unpaired) electrons. The molecule has 0 bridgehead atoms. The summed E-state index contributed by atoms with van der Waals surface area (Å²) in [6, 6.07) is 4.22. The van der Waals surface area contributed by atoms with Gasteiger partial charge in [0, 0.05) is 18.3 Å². The lowest BCUT2D eigenvalue weighted by Crippen LogP contribution is -2.25. The molecule has 4 nitrogen and oxygen atoms in total. The summed E-state index contributed by atoms with van der Waals surface area (Å²) >= 11 is 0. The normalized spacial score (nSPS) is 12.3. The number of halogens is 4. The van der Waals surface area contributed by atoms with Crippen LogP contribution in [-0.4, -0.2) is 14.2 Å². The van der Waals surface area contributed by atoms with Gasteiger partial charge in [-0.2, -0.15) is 13.2 Å². The van der Waals surface area contributed by atoms with Crippen molar-refractivity contribution < 1.29 is 17.6 Å². The summed E-state index contributed by atoms with van der Waals surface area (Å²) < 4.78 is 56.3. The minimum Gasteiger partial charge on any atom is -0.293 e. The van der Waals surface area contributed by atoms with Crippen molar-refractivity contribution in [1.82, 2.24) is 14.2 Å². The van der Waals surface area contributed by atoms with Gasteiger partial charge in [-0.05, 0) is 55.5 Å². The molecule has 3 rings (SSSR count). The largest absolute Gasteiger partial charge is 0.417 e. The van der Waals surface area contributed by atoms with E-state index < -0.39 is 23.1 Å². The zero-order valence-corrected chi connectivity index (χ0v) is 16.1. The fourth-order valence-corrected chi connectivity index (χ4v) is 3.63. The van der Waals surface area contributed by atoms with Gasteiger partial charge in [-0.1, -0.05) is 13.8 Å². The van der Waals surface area contributed by atoms with Crippen molar-refractivity contribution in [1.29, 1.82) is 0 Å². The van der Waals surface area contributed by atoms with Gasteiger partial charge in [0.15, 0.2) is 5.82 Å². The number of benzene rings is 1. The first-order valence-electron chi connectivity index (χ1n) is 9.06. The summed E-state index contributed by atoms with van der Waals surface area (Å²) in [6.45, 7) is 5.80.